The lowest BCUT2D eigenvalue weighted by atomic mass is 10.5. The molecule has 0 atom stereocenters. The zero-order chi connectivity index (χ0) is 6.95. The molecular formula is C5H10BNO2. The third kappa shape index (κ3) is 7.49. The molecule has 2 radical (unpaired) electrons. The van der Waals surface area contributed by atoms with E-state index in [0.717, 1.165) is 13.0 Å². The fourth-order valence-electron chi connectivity index (χ4n) is 0.396. The zero-order valence-corrected chi connectivity index (χ0v) is 5.54. The summed E-state index contributed by atoms with van der Waals surface area (Å²) in [5.74, 6) is 0. The Balaban J connectivity index is 2.82. The van der Waals surface area contributed by atoms with Crippen molar-refractivity contribution >= 4 is 14.4 Å². The van der Waals surface area contributed by atoms with Gasteiger partial charge in [0.2, 0.25) is 0 Å². The van der Waals surface area contributed by atoms with E-state index in [1.54, 1.807) is 7.11 Å². The third-order valence-corrected chi connectivity index (χ3v) is 0.771. The first-order valence-corrected chi connectivity index (χ1v) is 2.74. The molecule has 0 aromatic carbocycles. The summed E-state index contributed by atoms with van der Waals surface area (Å²) in [7, 11) is 6.32. The van der Waals surface area contributed by atoms with Crippen LogP contribution in [0.4, 0.5) is 0 Å². The van der Waals surface area contributed by atoms with Gasteiger partial charge in [0.15, 0.2) is 0 Å². The third-order valence-electron chi connectivity index (χ3n) is 0.771. The Labute approximate surface area is 56.5 Å². The fraction of sp³-hybridized carbons (Fsp3) is 0.800. The van der Waals surface area contributed by atoms with Gasteiger partial charge in [-0.2, -0.15) is 0 Å². The number of aliphatic imine (C=N–C) groups is 1. The summed E-state index contributed by atoms with van der Waals surface area (Å²) >= 11 is 0. The van der Waals surface area contributed by atoms with E-state index < -0.39 is 0 Å². The van der Waals surface area contributed by atoms with Gasteiger partial charge in [0.25, 0.3) is 0 Å². The molecule has 0 saturated carbocycles. The molecule has 0 spiro atoms. The highest BCUT2D eigenvalue weighted by atomic mass is 16.5. The highest BCUT2D eigenvalue weighted by Crippen LogP contribution is 1.79. The maximum atomic E-state index is 4.78. The molecule has 0 aliphatic heterocycles. The standard InChI is InChI=1S/C5H10BNO2/c1-8-4-2-3-7-5-9-6/h5H,2-4H2,1H3. The molecule has 0 bridgehead atoms. The topological polar surface area (TPSA) is 30.8 Å². The molecule has 0 fully saturated rings. The number of ether oxygens (including phenoxy) is 1. The number of methoxy groups -OCH3 is 1. The van der Waals surface area contributed by atoms with E-state index in [4.69, 9.17) is 4.74 Å². The Bertz CT molecular complexity index is 77.4. The van der Waals surface area contributed by atoms with E-state index in [1.807, 2.05) is 0 Å². The second kappa shape index (κ2) is 7.49. The fourth-order valence-corrected chi connectivity index (χ4v) is 0.396. The summed E-state index contributed by atoms with van der Waals surface area (Å²) in [6.07, 6.45) is 2.12. The van der Waals surface area contributed by atoms with Crippen molar-refractivity contribution in [2.75, 3.05) is 20.3 Å². The Hall–Kier alpha value is -0.505. The molecule has 3 nitrogen and oxygen atoms in total. The quantitative estimate of drug-likeness (QED) is 0.228. The molecule has 4 heteroatoms. The van der Waals surface area contributed by atoms with Crippen molar-refractivity contribution < 1.29 is 9.39 Å². The van der Waals surface area contributed by atoms with Crippen LogP contribution in [0.1, 0.15) is 6.42 Å². The smallest absolute Gasteiger partial charge is 0.375 e. The van der Waals surface area contributed by atoms with Crippen LogP contribution < -0.4 is 0 Å². The van der Waals surface area contributed by atoms with Gasteiger partial charge in [-0.3, -0.25) is 4.99 Å². The zero-order valence-electron chi connectivity index (χ0n) is 5.54. The van der Waals surface area contributed by atoms with E-state index in [-0.39, 0.29) is 0 Å². The molecule has 0 amide bonds. The monoisotopic (exact) mass is 127 g/mol. The van der Waals surface area contributed by atoms with Crippen LogP contribution in [0.15, 0.2) is 4.99 Å². The van der Waals surface area contributed by atoms with Gasteiger partial charge in [0.1, 0.15) is 6.40 Å². The van der Waals surface area contributed by atoms with Crippen LogP contribution in [0, 0.1) is 0 Å². The van der Waals surface area contributed by atoms with Crippen LogP contribution in [0.25, 0.3) is 0 Å². The van der Waals surface area contributed by atoms with Crippen molar-refractivity contribution in [3.05, 3.63) is 0 Å². The summed E-state index contributed by atoms with van der Waals surface area (Å²) < 4.78 is 8.87. The molecule has 0 aliphatic carbocycles. The molecule has 0 unspecified atom stereocenters. The van der Waals surface area contributed by atoms with Crippen molar-refractivity contribution in [2.24, 2.45) is 4.99 Å². The summed E-state index contributed by atoms with van der Waals surface area (Å²) in [4.78, 5) is 3.78. The predicted octanol–water partition coefficient (Wildman–Crippen LogP) is 0.151. The number of rotatable bonds is 5. The van der Waals surface area contributed by atoms with Crippen LogP contribution in [0.5, 0.6) is 0 Å². The molecule has 0 aromatic rings. The number of hydrogen-bond acceptors (Lipinski definition) is 3. The molecule has 0 N–H and O–H groups in total. The van der Waals surface area contributed by atoms with Gasteiger partial charge in [-0.1, -0.05) is 0 Å². The van der Waals surface area contributed by atoms with Crippen molar-refractivity contribution in [2.45, 2.75) is 6.42 Å². The van der Waals surface area contributed by atoms with E-state index in [2.05, 4.69) is 17.7 Å². The van der Waals surface area contributed by atoms with Crippen LogP contribution in [0.3, 0.4) is 0 Å². The molecule has 0 saturated heterocycles. The summed E-state index contributed by atoms with van der Waals surface area (Å²) in [5, 5.41) is 0. The minimum atomic E-state index is 0.699. The second-order valence-electron chi connectivity index (χ2n) is 1.49. The van der Waals surface area contributed by atoms with Crippen LogP contribution in [-0.2, 0) is 9.39 Å². The van der Waals surface area contributed by atoms with Gasteiger partial charge in [-0.25, -0.2) is 0 Å². The second-order valence-corrected chi connectivity index (χ2v) is 1.49. The molecule has 0 heterocycles. The average Bonchev–Trinajstić information content (AvgIpc) is 1.89. The maximum absolute atomic E-state index is 4.78. The molecular weight excluding hydrogens is 117 g/mol. The molecule has 0 aromatic heterocycles. The Morgan fingerprint density at radius 2 is 2.44 bits per heavy atom. The highest BCUT2D eigenvalue weighted by Gasteiger charge is 1.79. The van der Waals surface area contributed by atoms with Crippen molar-refractivity contribution in [1.82, 2.24) is 0 Å². The summed E-state index contributed by atoms with van der Waals surface area (Å²) in [6.45, 7) is 1.42. The number of nitrogens with zero attached hydrogens (tertiary/aromatic N) is 1. The molecule has 0 aliphatic rings. The Morgan fingerprint density at radius 1 is 1.67 bits per heavy atom. The minimum Gasteiger partial charge on any atom is -0.560 e. The lowest BCUT2D eigenvalue weighted by molar-refractivity contribution is 0.197. The molecule has 9 heavy (non-hydrogen) atoms. The first-order chi connectivity index (χ1) is 4.41. The molecule has 0 rings (SSSR count). The van der Waals surface area contributed by atoms with Gasteiger partial charge in [-0.05, 0) is 6.42 Å². The molecule has 50 valence electrons. The maximum Gasteiger partial charge on any atom is 0.375 e. The first-order valence-electron chi connectivity index (χ1n) is 2.74. The Kier molecular flexibility index (Phi) is 7.07. The van der Waals surface area contributed by atoms with Crippen LogP contribution >= 0.6 is 0 Å². The Morgan fingerprint density at radius 3 is 3.00 bits per heavy atom. The van der Waals surface area contributed by atoms with E-state index in [1.165, 1.54) is 6.40 Å². The van der Waals surface area contributed by atoms with Gasteiger partial charge in [0.05, 0.1) is 0 Å². The van der Waals surface area contributed by atoms with E-state index in [0.29, 0.717) is 6.54 Å². The average molecular weight is 127 g/mol. The lowest BCUT2D eigenvalue weighted by Gasteiger charge is -1.92. The highest BCUT2D eigenvalue weighted by molar-refractivity contribution is 6.02. The van der Waals surface area contributed by atoms with Gasteiger partial charge in [0, 0.05) is 20.3 Å². The van der Waals surface area contributed by atoms with E-state index in [9.17, 15) is 0 Å². The summed E-state index contributed by atoms with van der Waals surface area (Å²) in [6, 6.07) is 0. The number of hydrogen-bond donors (Lipinski definition) is 0. The first kappa shape index (κ1) is 8.49. The van der Waals surface area contributed by atoms with Crippen molar-refractivity contribution in [3.8, 4) is 0 Å². The van der Waals surface area contributed by atoms with Crippen LogP contribution in [0.2, 0.25) is 0 Å². The lowest BCUT2D eigenvalue weighted by Crippen LogP contribution is -1.91. The SMILES string of the molecule is [B]OC=NCCCOC. The van der Waals surface area contributed by atoms with Crippen molar-refractivity contribution in [3.63, 3.8) is 0 Å². The summed E-state index contributed by atoms with van der Waals surface area (Å²) in [5.41, 5.74) is 0. The van der Waals surface area contributed by atoms with Crippen molar-refractivity contribution in [1.29, 1.82) is 0 Å². The van der Waals surface area contributed by atoms with Crippen LogP contribution in [-0.4, -0.2) is 34.7 Å². The van der Waals surface area contributed by atoms with Gasteiger partial charge < -0.3 is 9.39 Å². The van der Waals surface area contributed by atoms with Gasteiger partial charge >= 0.3 is 8.05 Å². The normalized spacial score (nSPS) is 10.3. The minimum absolute atomic E-state index is 0.699. The predicted molar refractivity (Wildman–Crippen MR) is 36.7 cm³/mol. The van der Waals surface area contributed by atoms with Gasteiger partial charge in [-0.15, -0.1) is 0 Å². The van der Waals surface area contributed by atoms with E-state index >= 15 is 0 Å². The largest absolute Gasteiger partial charge is 0.560 e.